The highest BCUT2D eigenvalue weighted by molar-refractivity contribution is 7.47. The Morgan fingerprint density at radius 1 is 0.500 bits per heavy atom. The highest BCUT2D eigenvalue weighted by atomic mass is 31.2. The van der Waals surface area contributed by atoms with Gasteiger partial charge >= 0.3 is 27.6 Å². The zero-order valence-corrected chi connectivity index (χ0v) is 34.5. The standard InChI is InChI=1S/C37H74O13P2/c1-32(2)24-20-16-12-9-7-5-6-8-10-14-19-23-27-37(40)50-35(31-49-52(44,45)48-29-34(38)28-47-51(41,42)43)30-46-36(39)26-22-18-15-11-13-17-21-25-33(3)4/h32-35,38H,5-31H2,1-4H3,(H,44,45)(H2,41,42,43)/t34-,35+/m0/s1. The number of aliphatic hydroxyl groups excluding tert-OH is 1. The molecule has 1 unspecified atom stereocenters. The number of unbranched alkanes of at least 4 members (excludes halogenated alkanes) is 17. The molecule has 3 atom stereocenters. The minimum absolute atomic E-state index is 0.137. The van der Waals surface area contributed by atoms with Crippen LogP contribution in [0.1, 0.15) is 175 Å². The third kappa shape index (κ3) is 37.4. The Kier molecular flexibility index (Phi) is 31.8. The van der Waals surface area contributed by atoms with Crippen LogP contribution in [0.3, 0.4) is 0 Å². The van der Waals surface area contributed by atoms with E-state index in [1.165, 1.54) is 83.5 Å². The van der Waals surface area contributed by atoms with E-state index in [1.807, 2.05) is 0 Å². The number of rotatable bonds is 37. The van der Waals surface area contributed by atoms with Gasteiger partial charge < -0.3 is 29.3 Å². The molecular weight excluding hydrogens is 714 g/mol. The van der Waals surface area contributed by atoms with E-state index in [-0.39, 0.29) is 19.4 Å². The van der Waals surface area contributed by atoms with Crippen LogP contribution in [-0.4, -0.2) is 70.4 Å². The molecule has 52 heavy (non-hydrogen) atoms. The highest BCUT2D eigenvalue weighted by Gasteiger charge is 2.28. The summed E-state index contributed by atoms with van der Waals surface area (Å²) in [6, 6.07) is 0. The van der Waals surface area contributed by atoms with Gasteiger partial charge in [-0.25, -0.2) is 9.13 Å². The van der Waals surface area contributed by atoms with Gasteiger partial charge in [-0.3, -0.25) is 23.2 Å². The molecule has 15 heteroatoms. The van der Waals surface area contributed by atoms with Crippen molar-refractivity contribution in [1.29, 1.82) is 0 Å². The first-order chi connectivity index (χ1) is 24.6. The lowest BCUT2D eigenvalue weighted by Crippen LogP contribution is -2.30. The van der Waals surface area contributed by atoms with Gasteiger partial charge in [-0.2, -0.15) is 0 Å². The Labute approximate surface area is 314 Å². The van der Waals surface area contributed by atoms with E-state index in [2.05, 4.69) is 36.7 Å². The number of ether oxygens (including phenoxy) is 2. The maximum absolute atomic E-state index is 12.6. The smallest absolute Gasteiger partial charge is 0.462 e. The summed E-state index contributed by atoms with van der Waals surface area (Å²) in [5.74, 6) is 0.493. The molecule has 310 valence electrons. The maximum atomic E-state index is 12.6. The van der Waals surface area contributed by atoms with E-state index in [0.717, 1.165) is 50.4 Å². The number of esters is 2. The second-order valence-electron chi connectivity index (χ2n) is 14.9. The molecule has 0 radical (unpaired) electrons. The van der Waals surface area contributed by atoms with Crippen LogP contribution >= 0.6 is 15.6 Å². The molecule has 0 bridgehead atoms. The Bertz CT molecular complexity index is 973. The molecule has 0 aliphatic carbocycles. The molecule has 0 aliphatic rings. The van der Waals surface area contributed by atoms with Crippen molar-refractivity contribution in [3.63, 3.8) is 0 Å². The SMILES string of the molecule is CC(C)CCCCCCCCCCCCCCC(=O)O[C@H](COC(=O)CCCCCCCCCC(C)C)COP(=O)(O)OC[C@@H](O)COP(=O)(O)O. The Morgan fingerprint density at radius 2 is 0.865 bits per heavy atom. The van der Waals surface area contributed by atoms with Gasteiger partial charge in [0.1, 0.15) is 12.7 Å². The van der Waals surface area contributed by atoms with Crippen molar-refractivity contribution in [2.45, 2.75) is 188 Å². The van der Waals surface area contributed by atoms with Crippen LogP contribution in [0.25, 0.3) is 0 Å². The topological polar surface area (TPSA) is 195 Å². The number of hydrogen-bond acceptors (Lipinski definition) is 10. The average molecular weight is 789 g/mol. The molecule has 4 N–H and O–H groups in total. The summed E-state index contributed by atoms with van der Waals surface area (Å²) in [6.45, 7) is 6.32. The summed E-state index contributed by atoms with van der Waals surface area (Å²) in [5.41, 5.74) is 0. The van der Waals surface area contributed by atoms with Crippen LogP contribution in [0.4, 0.5) is 0 Å². The van der Waals surface area contributed by atoms with Gasteiger partial charge in [0, 0.05) is 12.8 Å². The van der Waals surface area contributed by atoms with Crippen molar-refractivity contribution >= 4 is 27.6 Å². The van der Waals surface area contributed by atoms with E-state index in [4.69, 9.17) is 23.8 Å². The van der Waals surface area contributed by atoms with Crippen molar-refractivity contribution in [1.82, 2.24) is 0 Å². The van der Waals surface area contributed by atoms with E-state index in [9.17, 15) is 28.7 Å². The maximum Gasteiger partial charge on any atom is 0.472 e. The third-order valence-corrected chi connectivity index (χ3v) is 10.0. The summed E-state index contributed by atoms with van der Waals surface area (Å²) >= 11 is 0. The van der Waals surface area contributed by atoms with E-state index in [1.54, 1.807) is 0 Å². The first kappa shape index (κ1) is 51.1. The van der Waals surface area contributed by atoms with Crippen LogP contribution in [0.15, 0.2) is 0 Å². The van der Waals surface area contributed by atoms with Crippen molar-refractivity contribution < 1.29 is 61.6 Å². The molecule has 13 nitrogen and oxygen atoms in total. The second-order valence-corrected chi connectivity index (χ2v) is 17.6. The molecule has 0 saturated carbocycles. The predicted molar refractivity (Wildman–Crippen MR) is 202 cm³/mol. The molecule has 0 saturated heterocycles. The van der Waals surface area contributed by atoms with Gasteiger partial charge in [-0.1, -0.05) is 150 Å². The molecule has 0 amide bonds. The fraction of sp³-hybridized carbons (Fsp3) is 0.946. The van der Waals surface area contributed by atoms with E-state index < -0.39 is 59.6 Å². The normalized spacial score (nSPS) is 14.4. The molecule has 0 aromatic carbocycles. The Morgan fingerprint density at radius 3 is 1.29 bits per heavy atom. The van der Waals surface area contributed by atoms with Crippen molar-refractivity contribution in [3.8, 4) is 0 Å². The number of phosphoric acid groups is 2. The zero-order chi connectivity index (χ0) is 39.1. The third-order valence-electron chi connectivity index (χ3n) is 8.59. The number of carbonyl (C=O) groups is 2. The van der Waals surface area contributed by atoms with Crippen LogP contribution in [0.2, 0.25) is 0 Å². The van der Waals surface area contributed by atoms with Gasteiger partial charge in [-0.05, 0) is 24.7 Å². The second kappa shape index (κ2) is 32.4. The minimum Gasteiger partial charge on any atom is -0.462 e. The monoisotopic (exact) mass is 788 g/mol. The molecule has 0 spiro atoms. The van der Waals surface area contributed by atoms with Crippen LogP contribution in [-0.2, 0) is 41.8 Å². The van der Waals surface area contributed by atoms with Crippen LogP contribution in [0.5, 0.6) is 0 Å². The summed E-state index contributed by atoms with van der Waals surface area (Å²) in [6.07, 6.45) is 21.3. The predicted octanol–water partition coefficient (Wildman–Crippen LogP) is 9.33. The van der Waals surface area contributed by atoms with Crippen molar-refractivity contribution in [3.05, 3.63) is 0 Å². The molecule has 0 rings (SSSR count). The summed E-state index contributed by atoms with van der Waals surface area (Å²) < 4.78 is 47.6. The molecule has 0 heterocycles. The molecule has 0 aliphatic heterocycles. The number of aliphatic hydroxyl groups is 1. The molecule has 0 aromatic heterocycles. The number of hydrogen-bond donors (Lipinski definition) is 4. The summed E-state index contributed by atoms with van der Waals surface area (Å²) in [5, 5.41) is 9.71. The Balaban J connectivity index is 4.53. The first-order valence-corrected chi connectivity index (χ1v) is 23.0. The zero-order valence-electron chi connectivity index (χ0n) is 32.8. The number of carbonyl (C=O) groups excluding carboxylic acids is 2. The van der Waals surface area contributed by atoms with Crippen molar-refractivity contribution in [2.75, 3.05) is 26.4 Å². The lowest BCUT2D eigenvalue weighted by Gasteiger charge is -2.20. The Hall–Kier alpha value is -0.880. The lowest BCUT2D eigenvalue weighted by atomic mass is 10.0. The minimum atomic E-state index is -4.85. The average Bonchev–Trinajstić information content (AvgIpc) is 3.06. The summed E-state index contributed by atoms with van der Waals surface area (Å²) in [7, 11) is -9.65. The fourth-order valence-corrected chi connectivity index (χ4v) is 6.70. The summed E-state index contributed by atoms with van der Waals surface area (Å²) in [4.78, 5) is 52.4. The molecular formula is C37H74O13P2. The van der Waals surface area contributed by atoms with Crippen LogP contribution in [0, 0.1) is 11.8 Å². The first-order valence-electron chi connectivity index (χ1n) is 19.9. The quantitative estimate of drug-likeness (QED) is 0.0264. The van der Waals surface area contributed by atoms with Crippen molar-refractivity contribution in [2.24, 2.45) is 11.8 Å². The van der Waals surface area contributed by atoms with Gasteiger partial charge in [0.25, 0.3) is 0 Å². The van der Waals surface area contributed by atoms with E-state index >= 15 is 0 Å². The van der Waals surface area contributed by atoms with Gasteiger partial charge in [0.15, 0.2) is 6.10 Å². The lowest BCUT2D eigenvalue weighted by molar-refractivity contribution is -0.161. The fourth-order valence-electron chi connectivity index (χ4n) is 5.54. The van der Waals surface area contributed by atoms with Gasteiger partial charge in [0.05, 0.1) is 19.8 Å². The number of phosphoric ester groups is 2. The van der Waals surface area contributed by atoms with E-state index in [0.29, 0.717) is 12.8 Å². The van der Waals surface area contributed by atoms with Crippen LogP contribution < -0.4 is 0 Å². The van der Waals surface area contributed by atoms with Gasteiger partial charge in [0.2, 0.25) is 0 Å². The van der Waals surface area contributed by atoms with Gasteiger partial charge in [-0.15, -0.1) is 0 Å². The largest absolute Gasteiger partial charge is 0.472 e. The molecule has 0 aromatic rings. The molecule has 0 fully saturated rings. The highest BCUT2D eigenvalue weighted by Crippen LogP contribution is 2.43.